The van der Waals surface area contributed by atoms with Crippen LogP contribution in [0.15, 0.2) is 6.33 Å². The van der Waals surface area contributed by atoms with Gasteiger partial charge < -0.3 is 14.6 Å². The van der Waals surface area contributed by atoms with Crippen LogP contribution in [0.5, 0.6) is 0 Å². The zero-order valence-corrected chi connectivity index (χ0v) is 11.8. The Bertz CT molecular complexity index is 467. The van der Waals surface area contributed by atoms with E-state index in [9.17, 15) is 9.59 Å². The van der Waals surface area contributed by atoms with E-state index in [1.54, 1.807) is 31.8 Å². The Hall–Kier alpha value is -1.92. The van der Waals surface area contributed by atoms with Crippen molar-refractivity contribution in [1.82, 2.24) is 19.7 Å². The first-order valence-corrected chi connectivity index (χ1v) is 6.00. The maximum atomic E-state index is 12.1. The Labute approximate surface area is 112 Å². The van der Waals surface area contributed by atoms with E-state index in [0.717, 1.165) is 0 Å². The summed E-state index contributed by atoms with van der Waals surface area (Å²) in [4.78, 5) is 24.3. The molecule has 7 nitrogen and oxygen atoms in total. The van der Waals surface area contributed by atoms with E-state index in [0.29, 0.717) is 12.4 Å². The monoisotopic (exact) mass is 268 g/mol. The summed E-state index contributed by atoms with van der Waals surface area (Å²) in [5.41, 5.74) is -0.558. The summed E-state index contributed by atoms with van der Waals surface area (Å²) in [5, 5.41) is 16.5. The number of aromatic nitrogens is 3. The van der Waals surface area contributed by atoms with Crippen molar-refractivity contribution in [3.8, 4) is 0 Å². The summed E-state index contributed by atoms with van der Waals surface area (Å²) in [6, 6.07) is 0. The van der Waals surface area contributed by atoms with Crippen LogP contribution in [0.4, 0.5) is 0 Å². The van der Waals surface area contributed by atoms with Gasteiger partial charge in [-0.1, -0.05) is 13.8 Å². The number of carbonyl (C=O) groups excluding carboxylic acids is 1. The average molecular weight is 268 g/mol. The van der Waals surface area contributed by atoms with Crippen LogP contribution >= 0.6 is 0 Å². The second kappa shape index (κ2) is 5.81. The van der Waals surface area contributed by atoms with E-state index in [-0.39, 0.29) is 18.7 Å². The number of aliphatic carboxylic acids is 1. The van der Waals surface area contributed by atoms with Gasteiger partial charge in [-0.05, 0) is 5.41 Å². The summed E-state index contributed by atoms with van der Waals surface area (Å²) >= 11 is 0. The van der Waals surface area contributed by atoms with Crippen molar-refractivity contribution < 1.29 is 14.7 Å². The molecule has 1 N–H and O–H groups in total. The van der Waals surface area contributed by atoms with Crippen LogP contribution in [-0.4, -0.2) is 43.7 Å². The Morgan fingerprint density at radius 3 is 2.53 bits per heavy atom. The number of aryl methyl sites for hydroxylation is 1. The first-order chi connectivity index (χ1) is 8.71. The van der Waals surface area contributed by atoms with Crippen LogP contribution in [0, 0.1) is 5.41 Å². The van der Waals surface area contributed by atoms with Gasteiger partial charge in [-0.3, -0.25) is 9.59 Å². The van der Waals surface area contributed by atoms with E-state index in [4.69, 9.17) is 5.11 Å². The van der Waals surface area contributed by atoms with Crippen molar-refractivity contribution in [2.75, 3.05) is 7.05 Å². The molecule has 0 aliphatic rings. The predicted molar refractivity (Wildman–Crippen MR) is 68.1 cm³/mol. The number of hydrogen-bond donors (Lipinski definition) is 1. The Morgan fingerprint density at radius 2 is 2.05 bits per heavy atom. The van der Waals surface area contributed by atoms with Gasteiger partial charge >= 0.3 is 5.97 Å². The van der Waals surface area contributed by atoms with Crippen LogP contribution in [0.25, 0.3) is 0 Å². The van der Waals surface area contributed by atoms with Gasteiger partial charge in [0.2, 0.25) is 5.91 Å². The molecule has 19 heavy (non-hydrogen) atoms. The first-order valence-electron chi connectivity index (χ1n) is 6.00. The minimum absolute atomic E-state index is 0.0312. The van der Waals surface area contributed by atoms with Crippen molar-refractivity contribution in [2.45, 2.75) is 33.2 Å². The van der Waals surface area contributed by atoms with Gasteiger partial charge in [-0.2, -0.15) is 0 Å². The number of amides is 1. The first kappa shape index (κ1) is 15.1. The standard InChI is InChI=1S/C12H20N4O3/c1-12(2,6-11(18)19)5-10(17)15(3)7-9-14-13-8-16(9)4/h8H,5-7H2,1-4H3,(H,18,19). The maximum absolute atomic E-state index is 12.1. The minimum Gasteiger partial charge on any atom is -0.481 e. The highest BCUT2D eigenvalue weighted by molar-refractivity contribution is 5.77. The Kier molecular flexibility index (Phi) is 4.63. The molecule has 1 aromatic heterocycles. The lowest BCUT2D eigenvalue weighted by atomic mass is 9.85. The number of hydrogen-bond acceptors (Lipinski definition) is 4. The summed E-state index contributed by atoms with van der Waals surface area (Å²) in [6.45, 7) is 3.91. The van der Waals surface area contributed by atoms with Gasteiger partial charge in [0.1, 0.15) is 6.33 Å². The second-order valence-corrected chi connectivity index (χ2v) is 5.52. The van der Waals surface area contributed by atoms with E-state index in [1.165, 1.54) is 4.90 Å². The highest BCUT2D eigenvalue weighted by atomic mass is 16.4. The molecule has 0 fully saturated rings. The number of carboxylic acid groups (broad SMARTS) is 1. The molecule has 1 rings (SSSR count). The van der Waals surface area contributed by atoms with Crippen LogP contribution < -0.4 is 0 Å². The third kappa shape index (κ3) is 4.69. The predicted octanol–water partition coefficient (Wildman–Crippen LogP) is 0.664. The zero-order chi connectivity index (χ0) is 14.6. The molecule has 1 amide bonds. The van der Waals surface area contributed by atoms with Gasteiger partial charge in [-0.25, -0.2) is 0 Å². The van der Waals surface area contributed by atoms with Crippen molar-refractivity contribution in [3.05, 3.63) is 12.2 Å². The summed E-state index contributed by atoms with van der Waals surface area (Å²) in [5.74, 6) is -0.310. The molecule has 0 atom stereocenters. The highest BCUT2D eigenvalue weighted by Crippen LogP contribution is 2.25. The maximum Gasteiger partial charge on any atom is 0.303 e. The van der Waals surface area contributed by atoms with Gasteiger partial charge in [0.15, 0.2) is 5.82 Å². The number of rotatable bonds is 6. The lowest BCUT2D eigenvalue weighted by Gasteiger charge is -2.25. The average Bonchev–Trinajstić information content (AvgIpc) is 2.61. The highest BCUT2D eigenvalue weighted by Gasteiger charge is 2.27. The van der Waals surface area contributed by atoms with E-state index in [1.807, 2.05) is 7.05 Å². The second-order valence-electron chi connectivity index (χ2n) is 5.52. The molecule has 1 heterocycles. The molecule has 0 aliphatic carbocycles. The van der Waals surface area contributed by atoms with Gasteiger partial charge in [0.25, 0.3) is 0 Å². The van der Waals surface area contributed by atoms with Crippen molar-refractivity contribution in [2.24, 2.45) is 12.5 Å². The number of nitrogens with zero attached hydrogens (tertiary/aromatic N) is 4. The molecule has 0 bridgehead atoms. The van der Waals surface area contributed by atoms with Crippen LogP contribution in [0.3, 0.4) is 0 Å². The van der Waals surface area contributed by atoms with Gasteiger partial charge in [-0.15, -0.1) is 10.2 Å². The van der Waals surface area contributed by atoms with E-state index in [2.05, 4.69) is 10.2 Å². The molecular weight excluding hydrogens is 248 g/mol. The molecule has 1 aromatic rings. The Balaban J connectivity index is 2.58. The normalized spacial score (nSPS) is 11.4. The van der Waals surface area contributed by atoms with Crippen molar-refractivity contribution in [3.63, 3.8) is 0 Å². The third-order valence-corrected chi connectivity index (χ3v) is 2.87. The molecule has 0 aromatic carbocycles. The summed E-state index contributed by atoms with van der Waals surface area (Å²) in [6.07, 6.45) is 1.73. The quantitative estimate of drug-likeness (QED) is 0.819. The summed E-state index contributed by atoms with van der Waals surface area (Å²) in [7, 11) is 3.48. The minimum atomic E-state index is -0.895. The molecule has 0 radical (unpaired) electrons. The fourth-order valence-corrected chi connectivity index (χ4v) is 1.77. The molecule has 0 unspecified atom stereocenters. The molecule has 0 saturated carbocycles. The largest absolute Gasteiger partial charge is 0.481 e. The lowest BCUT2D eigenvalue weighted by Crippen LogP contribution is -2.32. The smallest absolute Gasteiger partial charge is 0.303 e. The SMILES string of the molecule is CN(Cc1nncn1C)C(=O)CC(C)(C)CC(=O)O. The van der Waals surface area contributed by atoms with Gasteiger partial charge in [0.05, 0.1) is 13.0 Å². The van der Waals surface area contributed by atoms with E-state index < -0.39 is 11.4 Å². The number of carbonyl (C=O) groups is 2. The van der Waals surface area contributed by atoms with Crippen molar-refractivity contribution in [1.29, 1.82) is 0 Å². The fraction of sp³-hybridized carbons (Fsp3) is 0.667. The summed E-state index contributed by atoms with van der Waals surface area (Å²) < 4.78 is 1.74. The molecular formula is C12H20N4O3. The molecule has 7 heteroatoms. The molecule has 0 aliphatic heterocycles. The molecule has 106 valence electrons. The van der Waals surface area contributed by atoms with Crippen molar-refractivity contribution >= 4 is 11.9 Å². The van der Waals surface area contributed by atoms with Crippen LogP contribution in [0.1, 0.15) is 32.5 Å². The number of carboxylic acids is 1. The van der Waals surface area contributed by atoms with Crippen LogP contribution in [-0.2, 0) is 23.2 Å². The van der Waals surface area contributed by atoms with E-state index >= 15 is 0 Å². The Morgan fingerprint density at radius 1 is 1.42 bits per heavy atom. The molecule has 0 saturated heterocycles. The lowest BCUT2D eigenvalue weighted by molar-refractivity contribution is -0.140. The fourth-order valence-electron chi connectivity index (χ4n) is 1.77. The topological polar surface area (TPSA) is 88.3 Å². The molecule has 0 spiro atoms. The van der Waals surface area contributed by atoms with Gasteiger partial charge in [0, 0.05) is 20.5 Å². The van der Waals surface area contributed by atoms with Crippen LogP contribution in [0.2, 0.25) is 0 Å². The third-order valence-electron chi connectivity index (χ3n) is 2.87. The zero-order valence-electron chi connectivity index (χ0n) is 11.8.